The molecule has 2 aromatic heterocycles. The van der Waals surface area contributed by atoms with Crippen LogP contribution in [0.2, 0.25) is 10.2 Å². The fourth-order valence-electron chi connectivity index (χ4n) is 1.86. The number of rotatable bonds is 1. The molecule has 0 bridgehead atoms. The lowest BCUT2D eigenvalue weighted by molar-refractivity contribution is 1.22. The molecule has 19 heavy (non-hydrogen) atoms. The number of nitrogens with two attached hydrogens (primary N) is 1. The third kappa shape index (κ3) is 2.20. The summed E-state index contributed by atoms with van der Waals surface area (Å²) >= 11 is 12.3. The van der Waals surface area contributed by atoms with E-state index in [0.717, 1.165) is 16.5 Å². The number of benzene rings is 1. The van der Waals surface area contributed by atoms with Crippen LogP contribution in [0, 0.1) is 0 Å². The third-order valence-corrected chi connectivity index (χ3v) is 3.23. The summed E-state index contributed by atoms with van der Waals surface area (Å²) in [5, 5.41) is 1.71. The topological polar surface area (TPSA) is 64.7 Å². The van der Waals surface area contributed by atoms with E-state index < -0.39 is 0 Å². The van der Waals surface area contributed by atoms with E-state index in [1.165, 1.54) is 6.20 Å². The van der Waals surface area contributed by atoms with Gasteiger partial charge >= 0.3 is 0 Å². The highest BCUT2D eigenvalue weighted by molar-refractivity contribution is 6.36. The van der Waals surface area contributed by atoms with E-state index in [-0.39, 0.29) is 11.0 Å². The Morgan fingerprint density at radius 1 is 1.11 bits per heavy atom. The molecule has 0 aliphatic carbocycles. The van der Waals surface area contributed by atoms with Crippen LogP contribution >= 0.6 is 23.2 Å². The molecule has 2 heterocycles. The van der Waals surface area contributed by atoms with Gasteiger partial charge < -0.3 is 5.73 Å². The molecule has 0 aliphatic rings. The number of fused-ring (bicyclic) bond motifs is 1. The quantitative estimate of drug-likeness (QED) is 0.744. The maximum absolute atomic E-state index is 6.22. The molecule has 0 saturated carbocycles. The van der Waals surface area contributed by atoms with Crippen molar-refractivity contribution in [3.63, 3.8) is 0 Å². The molecule has 3 rings (SSSR count). The van der Waals surface area contributed by atoms with E-state index in [9.17, 15) is 0 Å². The first-order valence-corrected chi connectivity index (χ1v) is 6.23. The summed E-state index contributed by atoms with van der Waals surface area (Å²) in [6.07, 6.45) is 3.16. The van der Waals surface area contributed by atoms with Crippen LogP contribution in [0.4, 0.5) is 5.82 Å². The first-order valence-electron chi connectivity index (χ1n) is 5.48. The van der Waals surface area contributed by atoms with E-state index >= 15 is 0 Å². The predicted octanol–water partition coefficient (Wildman–Crippen LogP) is 3.58. The van der Waals surface area contributed by atoms with Crippen molar-refractivity contribution in [3.8, 4) is 11.3 Å². The summed E-state index contributed by atoms with van der Waals surface area (Å²) in [6, 6.07) is 7.46. The number of hydrogen-bond acceptors (Lipinski definition) is 4. The Morgan fingerprint density at radius 3 is 2.74 bits per heavy atom. The zero-order valence-electron chi connectivity index (χ0n) is 9.64. The van der Waals surface area contributed by atoms with E-state index in [1.807, 2.05) is 18.2 Å². The molecular weight excluding hydrogens is 283 g/mol. The van der Waals surface area contributed by atoms with Gasteiger partial charge in [-0.25, -0.2) is 9.97 Å². The molecule has 94 valence electrons. The molecule has 0 spiro atoms. The van der Waals surface area contributed by atoms with Crippen LogP contribution in [-0.4, -0.2) is 15.0 Å². The minimum absolute atomic E-state index is 0.249. The van der Waals surface area contributed by atoms with Crippen molar-refractivity contribution in [1.82, 2.24) is 15.0 Å². The average molecular weight is 291 g/mol. The van der Waals surface area contributed by atoms with E-state index in [4.69, 9.17) is 28.9 Å². The number of aromatic nitrogens is 3. The minimum atomic E-state index is 0.249. The first-order chi connectivity index (χ1) is 9.15. The van der Waals surface area contributed by atoms with Gasteiger partial charge in [0.2, 0.25) is 0 Å². The number of pyridine rings is 1. The van der Waals surface area contributed by atoms with Gasteiger partial charge in [0.25, 0.3) is 0 Å². The highest BCUT2D eigenvalue weighted by Gasteiger charge is 2.10. The third-order valence-electron chi connectivity index (χ3n) is 2.68. The Balaban J connectivity index is 2.25. The van der Waals surface area contributed by atoms with Crippen LogP contribution in [0.5, 0.6) is 0 Å². The maximum Gasteiger partial charge on any atom is 0.157 e. The van der Waals surface area contributed by atoms with Crippen LogP contribution in [-0.2, 0) is 0 Å². The molecule has 3 aromatic rings. The van der Waals surface area contributed by atoms with Gasteiger partial charge in [0, 0.05) is 17.1 Å². The fourth-order valence-corrected chi connectivity index (χ4v) is 2.39. The predicted molar refractivity (Wildman–Crippen MR) is 77.2 cm³/mol. The van der Waals surface area contributed by atoms with Gasteiger partial charge in [-0.15, -0.1) is 0 Å². The van der Waals surface area contributed by atoms with Gasteiger partial charge in [-0.3, -0.25) is 4.98 Å². The van der Waals surface area contributed by atoms with Crippen molar-refractivity contribution in [1.29, 1.82) is 0 Å². The lowest BCUT2D eigenvalue weighted by Gasteiger charge is -2.06. The molecule has 0 fully saturated rings. The second-order valence-corrected chi connectivity index (χ2v) is 4.73. The minimum Gasteiger partial charge on any atom is -0.382 e. The normalized spacial score (nSPS) is 10.8. The van der Waals surface area contributed by atoms with E-state index in [0.29, 0.717) is 10.7 Å². The Kier molecular flexibility index (Phi) is 2.97. The Bertz CT molecular complexity index is 774. The number of nitrogens with zero attached hydrogens (tertiary/aromatic N) is 3. The molecule has 0 aliphatic heterocycles. The standard InChI is InChI=1S/C13H8Cl2N4/c14-9-5-8(4-7-2-1-3-17-11(7)9)12-13(15)19-10(16)6-18-12/h1-6H,(H2,16,19). The molecule has 0 atom stereocenters. The molecule has 0 saturated heterocycles. The van der Waals surface area contributed by atoms with Crippen LogP contribution in [0.1, 0.15) is 0 Å². The van der Waals surface area contributed by atoms with E-state index in [2.05, 4.69) is 15.0 Å². The number of hydrogen-bond donors (Lipinski definition) is 1. The smallest absolute Gasteiger partial charge is 0.157 e. The van der Waals surface area contributed by atoms with E-state index in [1.54, 1.807) is 12.3 Å². The molecule has 0 radical (unpaired) electrons. The maximum atomic E-state index is 6.22. The monoisotopic (exact) mass is 290 g/mol. The lowest BCUT2D eigenvalue weighted by atomic mass is 10.1. The van der Waals surface area contributed by atoms with Gasteiger partial charge in [-0.2, -0.15) is 0 Å². The highest BCUT2D eigenvalue weighted by atomic mass is 35.5. The highest BCUT2D eigenvalue weighted by Crippen LogP contribution is 2.31. The Labute approximate surface area is 119 Å². The van der Waals surface area contributed by atoms with Crippen LogP contribution < -0.4 is 5.73 Å². The van der Waals surface area contributed by atoms with Crippen molar-refractivity contribution < 1.29 is 0 Å². The van der Waals surface area contributed by atoms with Gasteiger partial charge in [0.1, 0.15) is 11.5 Å². The molecule has 0 unspecified atom stereocenters. The van der Waals surface area contributed by atoms with Crippen LogP contribution in [0.3, 0.4) is 0 Å². The zero-order valence-corrected chi connectivity index (χ0v) is 11.2. The van der Waals surface area contributed by atoms with Crippen LogP contribution in [0.15, 0.2) is 36.7 Å². The van der Waals surface area contributed by atoms with Crippen molar-refractivity contribution in [3.05, 3.63) is 46.8 Å². The summed E-state index contributed by atoms with van der Waals surface area (Å²) in [7, 11) is 0. The SMILES string of the molecule is Nc1cnc(-c2cc(Cl)c3ncccc3c2)c(Cl)n1. The Hall–Kier alpha value is -1.91. The lowest BCUT2D eigenvalue weighted by Crippen LogP contribution is -1.95. The molecule has 0 amide bonds. The fraction of sp³-hybridized carbons (Fsp3) is 0. The van der Waals surface area contributed by atoms with Crippen molar-refractivity contribution in [2.24, 2.45) is 0 Å². The molecule has 1 aromatic carbocycles. The first kappa shape index (κ1) is 12.1. The summed E-state index contributed by atoms with van der Waals surface area (Å²) in [5.74, 6) is 0.280. The molecule has 2 N–H and O–H groups in total. The second-order valence-electron chi connectivity index (χ2n) is 3.97. The average Bonchev–Trinajstić information content (AvgIpc) is 2.38. The largest absolute Gasteiger partial charge is 0.382 e. The van der Waals surface area contributed by atoms with Crippen molar-refractivity contribution >= 4 is 39.9 Å². The number of halogens is 2. The summed E-state index contributed by atoms with van der Waals surface area (Å²) in [6.45, 7) is 0. The molecule has 4 nitrogen and oxygen atoms in total. The summed E-state index contributed by atoms with van der Waals surface area (Å²) in [4.78, 5) is 12.4. The number of anilines is 1. The number of nitrogen functional groups attached to an aromatic ring is 1. The van der Waals surface area contributed by atoms with Gasteiger partial charge in [0.05, 0.1) is 16.7 Å². The molecular formula is C13H8Cl2N4. The van der Waals surface area contributed by atoms with Crippen LogP contribution in [0.25, 0.3) is 22.2 Å². The van der Waals surface area contributed by atoms with Crippen molar-refractivity contribution in [2.75, 3.05) is 5.73 Å². The van der Waals surface area contributed by atoms with Crippen molar-refractivity contribution in [2.45, 2.75) is 0 Å². The zero-order chi connectivity index (χ0) is 13.4. The van der Waals surface area contributed by atoms with Gasteiger partial charge in [-0.05, 0) is 18.2 Å². The van der Waals surface area contributed by atoms with Gasteiger partial charge in [-0.1, -0.05) is 29.3 Å². The summed E-state index contributed by atoms with van der Waals surface area (Å²) < 4.78 is 0. The molecule has 6 heteroatoms. The second kappa shape index (κ2) is 4.64. The van der Waals surface area contributed by atoms with Gasteiger partial charge in [0.15, 0.2) is 5.15 Å². The Morgan fingerprint density at radius 2 is 1.95 bits per heavy atom. The summed E-state index contributed by atoms with van der Waals surface area (Å²) in [5.41, 5.74) is 7.60.